The molecular formula is C18H19N5O5. The molecule has 0 aromatic heterocycles. The number of carbonyl (C=O) groups is 2. The number of carbonyl (C=O) groups excluding carboxylic acids is 2. The first kappa shape index (κ1) is 19.3. The summed E-state index contributed by atoms with van der Waals surface area (Å²) in [6, 6.07) is 14.3. The minimum Gasteiger partial charge on any atom is -0.465 e. The number of hydrogen-bond donors (Lipinski definition) is 2. The maximum absolute atomic E-state index is 12.8. The van der Waals surface area contributed by atoms with Crippen LogP contribution in [0, 0.1) is 10.1 Å². The number of nitrogens with zero attached hydrogens (tertiary/aromatic N) is 3. The number of rotatable bonds is 6. The molecule has 0 spiro atoms. The monoisotopic (exact) mass is 385 g/mol. The van der Waals surface area contributed by atoms with Crippen LogP contribution in [0.3, 0.4) is 0 Å². The molecule has 0 bridgehead atoms. The number of hydrazine groups is 2. The summed E-state index contributed by atoms with van der Waals surface area (Å²) in [5.41, 5.74) is 7.13. The lowest BCUT2D eigenvalue weighted by Crippen LogP contribution is -2.66. The minimum absolute atomic E-state index is 0.0427. The highest BCUT2D eigenvalue weighted by Crippen LogP contribution is 2.23. The van der Waals surface area contributed by atoms with Gasteiger partial charge in [-0.2, -0.15) is 0 Å². The van der Waals surface area contributed by atoms with E-state index >= 15 is 0 Å². The number of esters is 1. The average Bonchev–Trinajstić information content (AvgIpc) is 2.70. The Bertz CT molecular complexity index is 858. The van der Waals surface area contributed by atoms with Crippen molar-refractivity contribution in [2.75, 3.05) is 18.2 Å². The fraction of sp³-hybridized carbons (Fsp3) is 0.222. The lowest BCUT2D eigenvalue weighted by molar-refractivity contribution is -0.384. The number of anilines is 1. The number of nitrogens with one attached hydrogen (secondary N) is 2. The van der Waals surface area contributed by atoms with Crippen molar-refractivity contribution in [2.45, 2.75) is 13.1 Å². The van der Waals surface area contributed by atoms with Crippen LogP contribution in [0.4, 0.5) is 16.2 Å². The van der Waals surface area contributed by atoms with Gasteiger partial charge in [-0.25, -0.2) is 25.7 Å². The number of non-ortho nitro benzene ring substituents is 1. The summed E-state index contributed by atoms with van der Waals surface area (Å²) in [7, 11) is 0. The molecule has 0 radical (unpaired) electrons. The van der Waals surface area contributed by atoms with Crippen molar-refractivity contribution < 1.29 is 19.2 Å². The Morgan fingerprint density at radius 3 is 2.43 bits per heavy atom. The number of urea groups is 1. The van der Waals surface area contributed by atoms with Gasteiger partial charge in [0.05, 0.1) is 17.2 Å². The molecule has 0 saturated carbocycles. The first-order chi connectivity index (χ1) is 13.5. The molecule has 2 amide bonds. The second-order valence-corrected chi connectivity index (χ2v) is 5.88. The van der Waals surface area contributed by atoms with Crippen molar-refractivity contribution in [1.82, 2.24) is 15.9 Å². The van der Waals surface area contributed by atoms with Gasteiger partial charge < -0.3 is 4.74 Å². The highest BCUT2D eigenvalue weighted by atomic mass is 16.6. The summed E-state index contributed by atoms with van der Waals surface area (Å²) in [6.45, 7) is 1.59. The summed E-state index contributed by atoms with van der Waals surface area (Å²) in [4.78, 5) is 35.1. The van der Waals surface area contributed by atoms with Gasteiger partial charge in [-0.1, -0.05) is 18.2 Å². The standard InChI is InChI=1S/C18H19N5O5/c1-2-28-16(24)12-21-18(25)22(14-6-4-3-5-7-14)20-17(19-21)13-8-10-15(11-9-13)23(26)27/h3-11,17,19-20H,2,12H2,1H3. The van der Waals surface area contributed by atoms with Crippen LogP contribution in [-0.2, 0) is 9.53 Å². The molecule has 10 heteroatoms. The zero-order valence-corrected chi connectivity index (χ0v) is 15.1. The van der Waals surface area contributed by atoms with E-state index < -0.39 is 23.1 Å². The molecular weight excluding hydrogens is 366 g/mol. The third-order valence-corrected chi connectivity index (χ3v) is 4.01. The fourth-order valence-electron chi connectivity index (χ4n) is 2.69. The van der Waals surface area contributed by atoms with Gasteiger partial charge in [-0.15, -0.1) is 0 Å². The summed E-state index contributed by atoms with van der Waals surface area (Å²) >= 11 is 0. The third-order valence-electron chi connectivity index (χ3n) is 4.01. The van der Waals surface area contributed by atoms with Crippen molar-refractivity contribution >= 4 is 23.4 Å². The maximum Gasteiger partial charge on any atom is 0.354 e. The number of nitro benzene ring substituents is 1. The van der Waals surface area contributed by atoms with E-state index in [-0.39, 0.29) is 18.8 Å². The van der Waals surface area contributed by atoms with Crippen molar-refractivity contribution in [2.24, 2.45) is 0 Å². The normalized spacial score (nSPS) is 16.8. The number of hydrogen-bond acceptors (Lipinski definition) is 7. The van der Waals surface area contributed by atoms with Crippen LogP contribution in [0.5, 0.6) is 0 Å². The Kier molecular flexibility index (Phi) is 5.82. The van der Waals surface area contributed by atoms with Gasteiger partial charge in [0.25, 0.3) is 5.69 Å². The van der Waals surface area contributed by atoms with E-state index in [0.717, 1.165) is 5.01 Å². The third kappa shape index (κ3) is 4.24. The van der Waals surface area contributed by atoms with E-state index in [0.29, 0.717) is 11.3 Å². The lowest BCUT2D eigenvalue weighted by atomic mass is 10.1. The molecule has 28 heavy (non-hydrogen) atoms. The first-order valence-electron chi connectivity index (χ1n) is 8.58. The van der Waals surface area contributed by atoms with Gasteiger partial charge >= 0.3 is 12.0 Å². The summed E-state index contributed by atoms with van der Waals surface area (Å²) in [6.07, 6.45) is -0.604. The first-order valence-corrected chi connectivity index (χ1v) is 8.58. The number of ether oxygens (including phenoxy) is 1. The van der Waals surface area contributed by atoms with Crippen LogP contribution in [0.2, 0.25) is 0 Å². The summed E-state index contributed by atoms with van der Waals surface area (Å²) in [5, 5.41) is 13.3. The van der Waals surface area contributed by atoms with Gasteiger partial charge in [-0.3, -0.25) is 14.9 Å². The SMILES string of the molecule is CCOC(=O)CN1NC(c2ccc([N+](=O)[O-])cc2)NN(c2ccccc2)C1=O. The van der Waals surface area contributed by atoms with E-state index in [1.165, 1.54) is 17.1 Å². The van der Waals surface area contributed by atoms with Crippen LogP contribution >= 0.6 is 0 Å². The minimum atomic E-state index is -0.604. The predicted molar refractivity (Wildman–Crippen MR) is 99.8 cm³/mol. The molecule has 10 nitrogen and oxygen atoms in total. The lowest BCUT2D eigenvalue weighted by Gasteiger charge is -2.41. The second kappa shape index (κ2) is 8.46. The summed E-state index contributed by atoms with van der Waals surface area (Å²) < 4.78 is 4.93. The molecule has 1 aliphatic rings. The molecule has 1 atom stereocenters. The number of benzene rings is 2. The van der Waals surface area contributed by atoms with Crippen molar-refractivity contribution in [3.05, 3.63) is 70.3 Å². The van der Waals surface area contributed by atoms with Gasteiger partial charge in [0.2, 0.25) is 0 Å². The highest BCUT2D eigenvalue weighted by molar-refractivity contribution is 5.93. The molecule has 2 aromatic carbocycles. The molecule has 1 saturated heterocycles. The van der Waals surface area contributed by atoms with Gasteiger partial charge in [-0.05, 0) is 36.8 Å². The summed E-state index contributed by atoms with van der Waals surface area (Å²) in [5.74, 6) is -0.555. The fourth-order valence-corrected chi connectivity index (χ4v) is 2.69. The Balaban J connectivity index is 1.88. The second-order valence-electron chi connectivity index (χ2n) is 5.88. The number of nitro groups is 1. The van der Waals surface area contributed by atoms with E-state index in [1.54, 1.807) is 43.3 Å². The molecule has 146 valence electrons. The van der Waals surface area contributed by atoms with Crippen molar-refractivity contribution in [3.8, 4) is 0 Å². The molecule has 2 N–H and O–H groups in total. The maximum atomic E-state index is 12.8. The molecule has 1 aliphatic heterocycles. The van der Waals surface area contributed by atoms with Crippen molar-refractivity contribution in [3.63, 3.8) is 0 Å². The van der Waals surface area contributed by atoms with E-state index in [2.05, 4.69) is 10.9 Å². The van der Waals surface area contributed by atoms with Crippen LogP contribution in [-0.4, -0.2) is 35.1 Å². The van der Waals surface area contributed by atoms with Crippen LogP contribution in [0.25, 0.3) is 0 Å². The topological polar surface area (TPSA) is 117 Å². The number of amides is 2. The molecule has 2 aromatic rings. The van der Waals surface area contributed by atoms with E-state index in [9.17, 15) is 19.7 Å². The highest BCUT2D eigenvalue weighted by Gasteiger charge is 2.34. The van der Waals surface area contributed by atoms with Gasteiger partial charge in [0.15, 0.2) is 0 Å². The van der Waals surface area contributed by atoms with Gasteiger partial charge in [0, 0.05) is 12.1 Å². The van der Waals surface area contributed by atoms with E-state index in [1.807, 2.05) is 6.07 Å². The molecule has 1 unspecified atom stereocenters. The smallest absolute Gasteiger partial charge is 0.354 e. The zero-order valence-electron chi connectivity index (χ0n) is 15.1. The Morgan fingerprint density at radius 1 is 1.14 bits per heavy atom. The number of para-hydroxylation sites is 1. The van der Waals surface area contributed by atoms with E-state index in [4.69, 9.17) is 4.74 Å². The van der Waals surface area contributed by atoms with Gasteiger partial charge in [0.1, 0.15) is 12.7 Å². The largest absolute Gasteiger partial charge is 0.465 e. The molecule has 1 fully saturated rings. The average molecular weight is 385 g/mol. The predicted octanol–water partition coefficient (Wildman–Crippen LogP) is 2.11. The van der Waals surface area contributed by atoms with Crippen LogP contribution in [0.15, 0.2) is 54.6 Å². The Labute approximate surface area is 160 Å². The van der Waals surface area contributed by atoms with Crippen molar-refractivity contribution in [1.29, 1.82) is 0 Å². The Morgan fingerprint density at radius 2 is 1.82 bits per heavy atom. The van der Waals surface area contributed by atoms with Crippen LogP contribution in [0.1, 0.15) is 18.7 Å². The molecule has 1 heterocycles. The Hall–Kier alpha value is -3.50. The quantitative estimate of drug-likeness (QED) is 0.444. The zero-order chi connectivity index (χ0) is 20.1. The molecule has 0 aliphatic carbocycles. The molecule has 3 rings (SSSR count). The van der Waals surface area contributed by atoms with Crippen LogP contribution < -0.4 is 15.9 Å².